The van der Waals surface area contributed by atoms with Crippen LogP contribution in [0.15, 0.2) is 29.2 Å². The summed E-state index contributed by atoms with van der Waals surface area (Å²) in [4.78, 5) is 3.87. The summed E-state index contributed by atoms with van der Waals surface area (Å²) in [5.41, 5.74) is 0.992. The smallest absolute Gasteiger partial charge is 0.0681 e. The minimum absolute atomic E-state index is 0.139. The minimum Gasteiger partial charge on any atom is -0.392 e. The van der Waals surface area contributed by atoms with E-state index < -0.39 is 0 Å². The van der Waals surface area contributed by atoms with E-state index in [4.69, 9.17) is 5.11 Å². The lowest BCUT2D eigenvalue weighted by atomic mass is 10.2. The second kappa shape index (κ2) is 7.04. The van der Waals surface area contributed by atoms with Gasteiger partial charge in [0.15, 0.2) is 0 Å². The Balaban J connectivity index is 1.63. The number of nitrogens with zero attached hydrogens (tertiary/aromatic N) is 1. The molecule has 1 heterocycles. The van der Waals surface area contributed by atoms with Crippen LogP contribution in [0.4, 0.5) is 0 Å². The van der Waals surface area contributed by atoms with Crippen molar-refractivity contribution in [1.29, 1.82) is 0 Å². The third kappa shape index (κ3) is 4.34. The molecule has 0 spiro atoms. The van der Waals surface area contributed by atoms with Crippen molar-refractivity contribution in [2.24, 2.45) is 0 Å². The lowest BCUT2D eigenvalue weighted by molar-refractivity contribution is 0.282. The van der Waals surface area contributed by atoms with Crippen LogP contribution in [0.5, 0.6) is 0 Å². The van der Waals surface area contributed by atoms with Gasteiger partial charge >= 0.3 is 0 Å². The molecule has 1 aliphatic rings. The summed E-state index contributed by atoms with van der Waals surface area (Å²) in [5, 5.41) is 8.95. The maximum Gasteiger partial charge on any atom is 0.0681 e. The van der Waals surface area contributed by atoms with Crippen molar-refractivity contribution in [2.45, 2.75) is 30.8 Å². The molecule has 0 atom stereocenters. The van der Waals surface area contributed by atoms with E-state index in [0.717, 1.165) is 5.56 Å². The molecule has 0 radical (unpaired) electrons. The molecular weight excluding hydrogens is 230 g/mol. The quantitative estimate of drug-likeness (QED) is 0.621. The van der Waals surface area contributed by atoms with Crippen molar-refractivity contribution in [3.8, 4) is 0 Å². The molecule has 1 aromatic carbocycles. The molecule has 2 rings (SSSR count). The van der Waals surface area contributed by atoms with Gasteiger partial charge in [0.2, 0.25) is 0 Å². The van der Waals surface area contributed by atoms with Crippen LogP contribution in [-0.2, 0) is 6.61 Å². The molecule has 0 unspecified atom stereocenters. The maximum absolute atomic E-state index is 8.95. The Morgan fingerprint density at radius 3 is 2.47 bits per heavy atom. The topological polar surface area (TPSA) is 23.5 Å². The molecule has 3 heteroatoms. The van der Waals surface area contributed by atoms with E-state index in [1.165, 1.54) is 49.5 Å². The minimum atomic E-state index is 0.139. The summed E-state index contributed by atoms with van der Waals surface area (Å²) >= 11 is 1.91. The van der Waals surface area contributed by atoms with Crippen LogP contribution in [0.25, 0.3) is 0 Å². The van der Waals surface area contributed by atoms with Gasteiger partial charge in [-0.3, -0.25) is 0 Å². The molecular formula is C14H21NOS. The first kappa shape index (κ1) is 12.9. The number of aliphatic hydroxyl groups excluding tert-OH is 1. The molecule has 0 saturated carbocycles. The van der Waals surface area contributed by atoms with Gasteiger partial charge in [0.25, 0.3) is 0 Å². The average molecular weight is 251 g/mol. The molecule has 0 bridgehead atoms. The van der Waals surface area contributed by atoms with E-state index in [1.807, 2.05) is 23.9 Å². The van der Waals surface area contributed by atoms with Crippen LogP contribution in [0.1, 0.15) is 24.8 Å². The van der Waals surface area contributed by atoms with Crippen LogP contribution in [0.3, 0.4) is 0 Å². The van der Waals surface area contributed by atoms with Gasteiger partial charge in [0.1, 0.15) is 0 Å². The lowest BCUT2D eigenvalue weighted by Gasteiger charge is -2.13. The standard InChI is InChI=1S/C14H21NOS/c16-12-13-4-6-14(7-5-13)17-11-3-10-15-8-1-2-9-15/h4-7,16H,1-3,8-12H2. The highest BCUT2D eigenvalue weighted by molar-refractivity contribution is 7.99. The number of hydrogen-bond acceptors (Lipinski definition) is 3. The Morgan fingerprint density at radius 2 is 1.82 bits per heavy atom. The van der Waals surface area contributed by atoms with Crippen molar-refractivity contribution in [1.82, 2.24) is 4.90 Å². The number of rotatable bonds is 6. The van der Waals surface area contributed by atoms with Gasteiger partial charge < -0.3 is 10.0 Å². The van der Waals surface area contributed by atoms with E-state index >= 15 is 0 Å². The molecule has 1 aromatic rings. The number of thioether (sulfide) groups is 1. The Bertz CT molecular complexity index is 319. The van der Waals surface area contributed by atoms with Crippen molar-refractivity contribution in [3.05, 3.63) is 29.8 Å². The Kier molecular flexibility index (Phi) is 5.36. The molecule has 1 aliphatic heterocycles. The molecule has 94 valence electrons. The normalized spacial score (nSPS) is 16.5. The third-order valence-electron chi connectivity index (χ3n) is 3.19. The zero-order chi connectivity index (χ0) is 11.9. The lowest BCUT2D eigenvalue weighted by Crippen LogP contribution is -2.20. The number of likely N-dealkylation sites (tertiary alicyclic amines) is 1. The highest BCUT2D eigenvalue weighted by Gasteiger charge is 2.10. The number of hydrogen-bond donors (Lipinski definition) is 1. The highest BCUT2D eigenvalue weighted by atomic mass is 32.2. The molecule has 0 aromatic heterocycles. The highest BCUT2D eigenvalue weighted by Crippen LogP contribution is 2.19. The second-order valence-corrected chi connectivity index (χ2v) is 5.72. The van der Waals surface area contributed by atoms with Crippen molar-refractivity contribution in [3.63, 3.8) is 0 Å². The maximum atomic E-state index is 8.95. The zero-order valence-electron chi connectivity index (χ0n) is 10.3. The van der Waals surface area contributed by atoms with Gasteiger partial charge in [-0.05, 0) is 62.3 Å². The summed E-state index contributed by atoms with van der Waals surface area (Å²) in [6, 6.07) is 8.21. The fourth-order valence-corrected chi connectivity index (χ4v) is 3.01. The number of benzene rings is 1. The monoisotopic (exact) mass is 251 g/mol. The SMILES string of the molecule is OCc1ccc(SCCCN2CCCC2)cc1. The van der Waals surface area contributed by atoms with E-state index in [-0.39, 0.29) is 6.61 Å². The van der Waals surface area contributed by atoms with Gasteiger partial charge in [-0.1, -0.05) is 12.1 Å². The van der Waals surface area contributed by atoms with Crippen LogP contribution < -0.4 is 0 Å². The third-order valence-corrected chi connectivity index (χ3v) is 4.29. The van der Waals surface area contributed by atoms with Gasteiger partial charge in [-0.25, -0.2) is 0 Å². The van der Waals surface area contributed by atoms with E-state index in [9.17, 15) is 0 Å². The molecule has 17 heavy (non-hydrogen) atoms. The Hall–Kier alpha value is -0.510. The molecule has 1 saturated heterocycles. The first-order valence-electron chi connectivity index (χ1n) is 6.43. The molecule has 0 aliphatic carbocycles. The fraction of sp³-hybridized carbons (Fsp3) is 0.571. The molecule has 0 amide bonds. The Labute approximate surface area is 108 Å². The van der Waals surface area contributed by atoms with Gasteiger partial charge in [0.05, 0.1) is 6.61 Å². The first-order valence-corrected chi connectivity index (χ1v) is 7.42. The Morgan fingerprint density at radius 1 is 1.12 bits per heavy atom. The van der Waals surface area contributed by atoms with E-state index in [0.29, 0.717) is 0 Å². The van der Waals surface area contributed by atoms with Crippen LogP contribution in [-0.4, -0.2) is 35.4 Å². The summed E-state index contributed by atoms with van der Waals surface area (Å²) in [6.45, 7) is 3.99. The van der Waals surface area contributed by atoms with E-state index in [1.54, 1.807) is 0 Å². The van der Waals surface area contributed by atoms with Crippen LogP contribution >= 0.6 is 11.8 Å². The van der Waals surface area contributed by atoms with Gasteiger partial charge in [0, 0.05) is 4.90 Å². The largest absolute Gasteiger partial charge is 0.392 e. The van der Waals surface area contributed by atoms with Crippen LogP contribution in [0, 0.1) is 0 Å². The summed E-state index contributed by atoms with van der Waals surface area (Å²) in [6.07, 6.45) is 4.04. The second-order valence-electron chi connectivity index (χ2n) is 4.55. The molecule has 1 fully saturated rings. The zero-order valence-corrected chi connectivity index (χ0v) is 11.1. The van der Waals surface area contributed by atoms with Gasteiger partial charge in [-0.15, -0.1) is 11.8 Å². The summed E-state index contributed by atoms with van der Waals surface area (Å²) in [5.74, 6) is 1.19. The van der Waals surface area contributed by atoms with Crippen LogP contribution in [0.2, 0.25) is 0 Å². The van der Waals surface area contributed by atoms with Crippen molar-refractivity contribution >= 4 is 11.8 Å². The predicted molar refractivity (Wildman–Crippen MR) is 73.4 cm³/mol. The fourth-order valence-electron chi connectivity index (χ4n) is 2.18. The first-order chi connectivity index (χ1) is 8.38. The van der Waals surface area contributed by atoms with Crippen molar-refractivity contribution < 1.29 is 5.11 Å². The molecule has 2 nitrogen and oxygen atoms in total. The molecule has 1 N–H and O–H groups in total. The van der Waals surface area contributed by atoms with Crippen molar-refractivity contribution in [2.75, 3.05) is 25.4 Å². The summed E-state index contributed by atoms with van der Waals surface area (Å²) < 4.78 is 0. The number of aliphatic hydroxyl groups is 1. The van der Waals surface area contributed by atoms with Gasteiger partial charge in [-0.2, -0.15) is 0 Å². The predicted octanol–water partition coefficient (Wildman–Crippen LogP) is 2.76. The summed E-state index contributed by atoms with van der Waals surface area (Å²) in [7, 11) is 0. The average Bonchev–Trinajstić information content (AvgIpc) is 2.88. The van der Waals surface area contributed by atoms with E-state index in [2.05, 4.69) is 17.0 Å².